The molecular weight excluding hydrogens is 301 g/mol. The molecule has 0 amide bonds. The van der Waals surface area contributed by atoms with Gasteiger partial charge in [0.15, 0.2) is 0 Å². The highest BCUT2D eigenvalue weighted by molar-refractivity contribution is 5.81. The van der Waals surface area contributed by atoms with Crippen LogP contribution in [-0.2, 0) is 0 Å². The van der Waals surface area contributed by atoms with Gasteiger partial charge in [-0.05, 0) is 35.9 Å². The average molecular weight is 315 g/mol. The van der Waals surface area contributed by atoms with Gasteiger partial charge in [0, 0.05) is 0 Å². The van der Waals surface area contributed by atoms with Gasteiger partial charge in [-0.2, -0.15) is 4.39 Å². The zero-order valence-electron chi connectivity index (χ0n) is 12.8. The van der Waals surface area contributed by atoms with Crippen molar-refractivity contribution in [1.29, 1.82) is 0 Å². The molecule has 2 heterocycles. The summed E-state index contributed by atoms with van der Waals surface area (Å²) in [5.74, 6) is 0.706. The minimum absolute atomic E-state index is 0.511. The Morgan fingerprint density at radius 1 is 0.750 bits per heavy atom. The first-order valence-electron chi connectivity index (χ1n) is 7.65. The van der Waals surface area contributed by atoms with E-state index in [1.54, 1.807) is 12.1 Å². The van der Waals surface area contributed by atoms with Crippen LogP contribution >= 0.6 is 0 Å². The molecule has 0 aliphatic carbocycles. The van der Waals surface area contributed by atoms with Gasteiger partial charge in [0.05, 0.1) is 11.0 Å². The van der Waals surface area contributed by atoms with Crippen molar-refractivity contribution >= 4 is 23.2 Å². The van der Waals surface area contributed by atoms with Crippen LogP contribution in [0.25, 0.3) is 29.0 Å². The van der Waals surface area contributed by atoms with Gasteiger partial charge < -0.3 is 0 Å². The van der Waals surface area contributed by atoms with Crippen LogP contribution in [0.3, 0.4) is 0 Å². The summed E-state index contributed by atoms with van der Waals surface area (Å²) in [6.45, 7) is 0. The van der Waals surface area contributed by atoms with Crippen LogP contribution in [0.4, 0.5) is 4.39 Å². The normalized spacial score (nSPS) is 11.4. The Labute approximate surface area is 138 Å². The summed E-state index contributed by atoms with van der Waals surface area (Å²) in [5, 5.41) is 0. The minimum Gasteiger partial charge on any atom is -0.277 e. The topological polar surface area (TPSA) is 30.7 Å². The van der Waals surface area contributed by atoms with Crippen molar-refractivity contribution in [3.05, 3.63) is 90.1 Å². The van der Waals surface area contributed by atoms with Crippen LogP contribution in [0, 0.1) is 5.95 Å². The molecule has 0 N–H and O–H groups in total. The molecule has 0 saturated carbocycles. The summed E-state index contributed by atoms with van der Waals surface area (Å²) in [4.78, 5) is 8.65. The van der Waals surface area contributed by atoms with Gasteiger partial charge in [0.25, 0.3) is 0 Å². The fraction of sp³-hybridized carbons (Fsp3) is 0. The Hall–Kier alpha value is -3.27. The SMILES string of the molecule is Fc1cccc(-n2c(C=Cc3ccccc3)nc3ccccc32)n1. The third-order valence-corrected chi connectivity index (χ3v) is 3.74. The molecule has 0 radical (unpaired) electrons. The van der Waals surface area contributed by atoms with Gasteiger partial charge in [-0.25, -0.2) is 9.97 Å². The van der Waals surface area contributed by atoms with Gasteiger partial charge in [-0.3, -0.25) is 4.57 Å². The predicted molar refractivity (Wildman–Crippen MR) is 94.2 cm³/mol. The molecule has 0 aliphatic heterocycles. The van der Waals surface area contributed by atoms with E-state index in [0.29, 0.717) is 11.6 Å². The molecule has 2 aromatic heterocycles. The molecule has 0 fully saturated rings. The van der Waals surface area contributed by atoms with Crippen molar-refractivity contribution in [3.8, 4) is 5.82 Å². The molecule has 4 rings (SSSR count). The maximum Gasteiger partial charge on any atom is 0.214 e. The molecule has 4 heteroatoms. The maximum absolute atomic E-state index is 13.6. The number of para-hydroxylation sites is 2. The highest BCUT2D eigenvalue weighted by Crippen LogP contribution is 2.22. The Morgan fingerprint density at radius 2 is 1.54 bits per heavy atom. The van der Waals surface area contributed by atoms with E-state index in [9.17, 15) is 4.39 Å². The van der Waals surface area contributed by atoms with Crippen molar-refractivity contribution in [2.75, 3.05) is 0 Å². The molecule has 2 aromatic carbocycles. The molecule has 3 nitrogen and oxygen atoms in total. The lowest BCUT2D eigenvalue weighted by molar-refractivity contribution is 0.580. The van der Waals surface area contributed by atoms with Crippen LogP contribution in [-0.4, -0.2) is 14.5 Å². The van der Waals surface area contributed by atoms with Crippen LogP contribution in [0.2, 0.25) is 0 Å². The van der Waals surface area contributed by atoms with E-state index in [2.05, 4.69) is 9.97 Å². The van der Waals surface area contributed by atoms with Gasteiger partial charge >= 0.3 is 0 Å². The molecule has 24 heavy (non-hydrogen) atoms. The number of hydrogen-bond donors (Lipinski definition) is 0. The fourth-order valence-electron chi connectivity index (χ4n) is 2.65. The summed E-state index contributed by atoms with van der Waals surface area (Å²) < 4.78 is 15.4. The van der Waals surface area contributed by atoms with E-state index in [-0.39, 0.29) is 0 Å². The summed E-state index contributed by atoms with van der Waals surface area (Å²) in [7, 11) is 0. The highest BCUT2D eigenvalue weighted by Gasteiger charge is 2.11. The van der Waals surface area contributed by atoms with E-state index in [1.165, 1.54) is 6.07 Å². The van der Waals surface area contributed by atoms with Crippen molar-refractivity contribution in [2.24, 2.45) is 0 Å². The summed E-state index contributed by atoms with van der Waals surface area (Å²) in [5.41, 5.74) is 2.81. The quantitative estimate of drug-likeness (QED) is 0.512. The molecule has 116 valence electrons. The van der Waals surface area contributed by atoms with E-state index in [4.69, 9.17) is 0 Å². The highest BCUT2D eigenvalue weighted by atomic mass is 19.1. The number of benzene rings is 2. The number of nitrogens with zero attached hydrogens (tertiary/aromatic N) is 3. The Balaban J connectivity index is 1.89. The maximum atomic E-state index is 13.6. The van der Waals surface area contributed by atoms with Gasteiger partial charge in [0.2, 0.25) is 5.95 Å². The second-order valence-corrected chi connectivity index (χ2v) is 5.36. The molecule has 0 spiro atoms. The van der Waals surface area contributed by atoms with E-state index >= 15 is 0 Å². The molecule has 0 bridgehead atoms. The number of hydrogen-bond acceptors (Lipinski definition) is 2. The molecule has 0 aliphatic rings. The molecular formula is C20H14FN3. The van der Waals surface area contributed by atoms with Gasteiger partial charge in [-0.1, -0.05) is 54.6 Å². The number of rotatable bonds is 3. The molecule has 0 saturated heterocycles. The predicted octanol–water partition coefficient (Wildman–Crippen LogP) is 4.73. The largest absolute Gasteiger partial charge is 0.277 e. The summed E-state index contributed by atoms with van der Waals surface area (Å²) in [6.07, 6.45) is 3.90. The first kappa shape index (κ1) is 14.3. The molecule has 4 aromatic rings. The van der Waals surface area contributed by atoms with Crippen LogP contribution in [0.15, 0.2) is 72.8 Å². The monoisotopic (exact) mass is 315 g/mol. The van der Waals surface area contributed by atoms with Crippen LogP contribution in [0.5, 0.6) is 0 Å². The smallest absolute Gasteiger partial charge is 0.214 e. The van der Waals surface area contributed by atoms with Crippen molar-refractivity contribution < 1.29 is 4.39 Å². The zero-order chi connectivity index (χ0) is 16.4. The summed E-state index contributed by atoms with van der Waals surface area (Å²) >= 11 is 0. The van der Waals surface area contributed by atoms with Crippen molar-refractivity contribution in [3.63, 3.8) is 0 Å². The summed E-state index contributed by atoms with van der Waals surface area (Å²) in [6, 6.07) is 22.5. The second kappa shape index (κ2) is 6.08. The first-order valence-corrected chi connectivity index (χ1v) is 7.65. The Kier molecular flexibility index (Phi) is 3.63. The van der Waals surface area contributed by atoms with Gasteiger partial charge in [-0.15, -0.1) is 0 Å². The van der Waals surface area contributed by atoms with E-state index in [0.717, 1.165) is 16.6 Å². The number of pyridine rings is 1. The Bertz CT molecular complexity index is 1020. The number of aromatic nitrogens is 3. The Morgan fingerprint density at radius 3 is 2.38 bits per heavy atom. The zero-order valence-corrected chi connectivity index (χ0v) is 12.8. The first-order chi connectivity index (χ1) is 11.8. The van der Waals surface area contributed by atoms with Crippen LogP contribution in [0.1, 0.15) is 11.4 Å². The third kappa shape index (κ3) is 2.70. The lowest BCUT2D eigenvalue weighted by Gasteiger charge is -2.06. The number of fused-ring (bicyclic) bond motifs is 1. The standard InChI is InChI=1S/C20H14FN3/c21-18-11-6-12-19(23-18)24-17-10-5-4-9-16(17)22-20(24)14-13-15-7-2-1-3-8-15/h1-14H. The van der Waals surface area contributed by atoms with Crippen molar-refractivity contribution in [2.45, 2.75) is 0 Å². The minimum atomic E-state index is -0.511. The molecule has 0 unspecified atom stereocenters. The van der Waals surface area contributed by atoms with E-state index < -0.39 is 5.95 Å². The van der Waals surface area contributed by atoms with Gasteiger partial charge in [0.1, 0.15) is 11.6 Å². The lowest BCUT2D eigenvalue weighted by Crippen LogP contribution is -2.01. The number of halogens is 1. The molecule has 0 atom stereocenters. The van der Waals surface area contributed by atoms with E-state index in [1.807, 2.05) is 71.3 Å². The second-order valence-electron chi connectivity index (χ2n) is 5.36. The van der Waals surface area contributed by atoms with Crippen molar-refractivity contribution in [1.82, 2.24) is 14.5 Å². The lowest BCUT2D eigenvalue weighted by atomic mass is 10.2. The number of imidazole rings is 1. The fourth-order valence-corrected chi connectivity index (χ4v) is 2.65. The average Bonchev–Trinajstić information content (AvgIpc) is 2.99. The van der Waals surface area contributed by atoms with Crippen LogP contribution < -0.4 is 0 Å². The third-order valence-electron chi connectivity index (χ3n) is 3.74.